The first-order valence-corrected chi connectivity index (χ1v) is 25.1. The van der Waals surface area contributed by atoms with Gasteiger partial charge in [-0.1, -0.05) is 30.0 Å². The van der Waals surface area contributed by atoms with Crippen LogP contribution in [-0.4, -0.2) is 124 Å². The van der Waals surface area contributed by atoms with Gasteiger partial charge >= 0.3 is 0 Å². The van der Waals surface area contributed by atoms with E-state index in [9.17, 15) is 24.0 Å². The van der Waals surface area contributed by atoms with Gasteiger partial charge in [-0.2, -0.15) is 0 Å². The number of hydrogen-bond acceptors (Lipinski definition) is 14. The molecule has 2 aromatic heterocycles. The number of halogens is 1. The predicted molar refractivity (Wildman–Crippen MR) is 268 cm³/mol. The minimum Gasteiger partial charge on any atom is -0.371 e. The maximum absolute atomic E-state index is 15.6. The van der Waals surface area contributed by atoms with Crippen LogP contribution in [-0.2, 0) is 22.7 Å². The number of imide groups is 1. The normalized spacial score (nSPS) is 19.6. The zero-order valence-corrected chi connectivity index (χ0v) is 40.4. The van der Waals surface area contributed by atoms with Gasteiger partial charge in [0.15, 0.2) is 0 Å². The molecule has 5 N–H and O–H groups in total. The monoisotopic (exact) mass is 980 g/mol. The van der Waals surface area contributed by atoms with Crippen LogP contribution in [0.5, 0.6) is 0 Å². The third-order valence-corrected chi connectivity index (χ3v) is 15.3. The zero-order valence-electron chi connectivity index (χ0n) is 39.6. The summed E-state index contributed by atoms with van der Waals surface area (Å²) in [6, 6.07) is 21.0. The van der Waals surface area contributed by atoms with Crippen LogP contribution in [0.1, 0.15) is 87.8 Å². The van der Waals surface area contributed by atoms with Crippen LogP contribution in [0.15, 0.2) is 101 Å². The highest BCUT2D eigenvalue weighted by Gasteiger charge is 2.39. The van der Waals surface area contributed by atoms with E-state index < -0.39 is 23.7 Å². The average molecular weight is 981 g/mol. The van der Waals surface area contributed by atoms with Crippen LogP contribution in [0.25, 0.3) is 0 Å². The van der Waals surface area contributed by atoms with Crippen molar-refractivity contribution in [3.05, 3.63) is 125 Å². The Balaban J connectivity index is 0.650. The van der Waals surface area contributed by atoms with Gasteiger partial charge in [0.05, 0.1) is 29.8 Å². The number of pyridine rings is 1. The topological polar surface area (TPSA) is 202 Å². The molecule has 5 aliphatic rings. The molecule has 368 valence electrons. The molecule has 5 aliphatic heterocycles. The van der Waals surface area contributed by atoms with Crippen molar-refractivity contribution in [2.45, 2.75) is 86.1 Å². The lowest BCUT2D eigenvalue weighted by Crippen LogP contribution is -2.53. The van der Waals surface area contributed by atoms with Gasteiger partial charge in [0, 0.05) is 105 Å². The Bertz CT molecular complexity index is 2830. The molecule has 17 nitrogen and oxygen atoms in total. The summed E-state index contributed by atoms with van der Waals surface area (Å²) >= 11 is 1.44. The molecule has 5 amide bonds. The SMILES string of the molecule is CC1(N)CCN(c2cnc(Sc3cccc(NC(=O)c4ccc(N5CCC(N6CCN(c7ccc(C(=O)NCc8ccc9c(c8)CN(C8CCC(=O)NC8=O)C9=O)nc7)CC6)CC5)cc4F)c3)cn2)CC1. The number of benzene rings is 3. The summed E-state index contributed by atoms with van der Waals surface area (Å²) in [5.74, 6) is -1.58. The van der Waals surface area contributed by atoms with Crippen molar-refractivity contribution in [1.29, 1.82) is 0 Å². The molecule has 0 saturated carbocycles. The summed E-state index contributed by atoms with van der Waals surface area (Å²) in [5.41, 5.74) is 10.8. The van der Waals surface area contributed by atoms with Gasteiger partial charge in [-0.25, -0.2) is 19.3 Å². The molecule has 1 unspecified atom stereocenters. The first-order chi connectivity index (χ1) is 34.3. The second-order valence-electron chi connectivity index (χ2n) is 19.3. The number of hydrogen-bond donors (Lipinski definition) is 4. The Morgan fingerprint density at radius 1 is 0.803 bits per heavy atom. The Morgan fingerprint density at radius 2 is 1.58 bits per heavy atom. The largest absolute Gasteiger partial charge is 0.371 e. The van der Waals surface area contributed by atoms with E-state index in [4.69, 9.17) is 5.73 Å². The fraction of sp³-hybridized carbons (Fsp3) is 0.385. The third-order valence-electron chi connectivity index (χ3n) is 14.4. The number of nitrogens with zero attached hydrogens (tertiary/aromatic N) is 8. The molecule has 10 rings (SSSR count). The quantitative estimate of drug-likeness (QED) is 0.119. The number of piperazine rings is 1. The summed E-state index contributed by atoms with van der Waals surface area (Å²) in [5, 5.41) is 8.84. The van der Waals surface area contributed by atoms with Crippen molar-refractivity contribution in [3.63, 3.8) is 0 Å². The maximum Gasteiger partial charge on any atom is 0.270 e. The average Bonchev–Trinajstić information content (AvgIpc) is 3.70. The number of anilines is 4. The highest BCUT2D eigenvalue weighted by Crippen LogP contribution is 2.32. The summed E-state index contributed by atoms with van der Waals surface area (Å²) in [6.45, 7) is 9.27. The standard InChI is InChI=1S/C52H57FN12O5S/c1-52(54)15-19-64(20-16-52)45-30-57-47(31-56-45)71-39-4-2-3-35(26-39)59-48(67)41-9-6-37(27-42(41)53)61-17-13-36(14-18-61)62-21-23-63(24-22-62)38-7-10-43(55-29-38)49(68)58-28-33-5-8-40-34(25-33)32-65(51(40)70)44-11-12-46(66)60-50(44)69/h2-10,25-27,29-31,36,44H,11-24,28,32,54H2,1H3,(H,58,68)(H,59,67)(H,60,66,69). The number of carbonyl (C=O) groups excluding carboxylic acids is 5. The van der Waals surface area contributed by atoms with E-state index in [-0.39, 0.29) is 48.3 Å². The smallest absolute Gasteiger partial charge is 0.270 e. The first-order valence-electron chi connectivity index (χ1n) is 24.3. The molecule has 0 spiro atoms. The Morgan fingerprint density at radius 3 is 2.30 bits per heavy atom. The molecule has 0 aliphatic carbocycles. The molecule has 0 radical (unpaired) electrons. The van der Waals surface area contributed by atoms with Gasteiger partial charge in [-0.05, 0) is 105 Å². The van der Waals surface area contributed by atoms with Crippen molar-refractivity contribution in [3.8, 4) is 0 Å². The molecule has 7 heterocycles. The highest BCUT2D eigenvalue weighted by atomic mass is 32.2. The van der Waals surface area contributed by atoms with Crippen molar-refractivity contribution >= 4 is 64.2 Å². The summed E-state index contributed by atoms with van der Waals surface area (Å²) in [4.78, 5) is 88.8. The van der Waals surface area contributed by atoms with Crippen LogP contribution < -0.4 is 36.4 Å². The van der Waals surface area contributed by atoms with Crippen molar-refractivity contribution < 1.29 is 28.4 Å². The molecule has 0 bridgehead atoms. The van der Waals surface area contributed by atoms with Crippen LogP contribution in [0, 0.1) is 5.82 Å². The number of amides is 5. The van der Waals surface area contributed by atoms with Crippen molar-refractivity contribution in [2.24, 2.45) is 5.73 Å². The number of nitrogens with two attached hydrogens (primary N) is 1. The van der Waals surface area contributed by atoms with Crippen LogP contribution in [0.2, 0.25) is 0 Å². The molecule has 4 fully saturated rings. The van der Waals surface area contributed by atoms with E-state index >= 15 is 4.39 Å². The second kappa shape index (κ2) is 20.4. The molecule has 19 heteroatoms. The van der Waals surface area contributed by atoms with Gasteiger partial charge in [0.25, 0.3) is 17.7 Å². The number of piperidine rings is 3. The van der Waals surface area contributed by atoms with Gasteiger partial charge in [-0.3, -0.25) is 34.2 Å². The summed E-state index contributed by atoms with van der Waals surface area (Å²) in [7, 11) is 0. The van der Waals surface area contributed by atoms with Crippen molar-refractivity contribution in [2.75, 3.05) is 72.4 Å². The van der Waals surface area contributed by atoms with E-state index in [2.05, 4.69) is 57.4 Å². The van der Waals surface area contributed by atoms with E-state index in [1.54, 1.807) is 48.9 Å². The Labute approximate surface area is 415 Å². The van der Waals surface area contributed by atoms with Gasteiger partial charge < -0.3 is 36.0 Å². The molecule has 3 aromatic carbocycles. The number of aromatic nitrogens is 3. The lowest BCUT2D eigenvalue weighted by molar-refractivity contribution is -0.136. The number of rotatable bonds is 12. The van der Waals surface area contributed by atoms with E-state index in [1.807, 2.05) is 36.4 Å². The van der Waals surface area contributed by atoms with Crippen LogP contribution in [0.3, 0.4) is 0 Å². The molecular formula is C52H57FN12O5S. The van der Waals surface area contributed by atoms with E-state index in [0.29, 0.717) is 29.4 Å². The van der Waals surface area contributed by atoms with Crippen LogP contribution >= 0.6 is 11.8 Å². The van der Waals surface area contributed by atoms with E-state index in [1.165, 1.54) is 22.7 Å². The lowest BCUT2D eigenvalue weighted by Gasteiger charge is -2.43. The Hall–Kier alpha value is -6.96. The molecule has 71 heavy (non-hydrogen) atoms. The van der Waals surface area contributed by atoms with Crippen molar-refractivity contribution in [1.82, 2.24) is 35.4 Å². The number of carbonyl (C=O) groups is 5. The summed E-state index contributed by atoms with van der Waals surface area (Å²) in [6.07, 6.45) is 9.45. The number of nitrogens with one attached hydrogen (secondary N) is 3. The fourth-order valence-corrected chi connectivity index (χ4v) is 11.0. The third kappa shape index (κ3) is 10.9. The fourth-order valence-electron chi connectivity index (χ4n) is 10.2. The minimum atomic E-state index is -0.682. The van der Waals surface area contributed by atoms with Crippen LogP contribution in [0.4, 0.5) is 27.3 Å². The Kier molecular flexibility index (Phi) is 13.7. The predicted octanol–water partition coefficient (Wildman–Crippen LogP) is 5.21. The van der Waals surface area contributed by atoms with Gasteiger partial charge in [-0.15, -0.1) is 0 Å². The van der Waals surface area contributed by atoms with Gasteiger partial charge in [0.2, 0.25) is 11.8 Å². The lowest BCUT2D eigenvalue weighted by atomic mass is 9.91. The second-order valence-corrected chi connectivity index (χ2v) is 20.4. The van der Waals surface area contributed by atoms with Gasteiger partial charge in [0.1, 0.15) is 28.4 Å². The highest BCUT2D eigenvalue weighted by molar-refractivity contribution is 7.99. The molecule has 5 aromatic rings. The molecule has 4 saturated heterocycles. The van der Waals surface area contributed by atoms with E-state index in [0.717, 1.165) is 116 Å². The summed E-state index contributed by atoms with van der Waals surface area (Å²) < 4.78 is 15.6. The first kappa shape index (κ1) is 47.7. The molecule has 1 atom stereocenters. The zero-order chi connectivity index (χ0) is 49.2. The number of fused-ring (bicyclic) bond motifs is 1. The maximum atomic E-state index is 15.6. The minimum absolute atomic E-state index is 0.0168. The molecular weight excluding hydrogens is 924 g/mol.